The molecule has 2 heterocycles. The Morgan fingerprint density at radius 2 is 2.08 bits per heavy atom. The maximum Gasteiger partial charge on any atom is 0.344 e. The van der Waals surface area contributed by atoms with Crippen molar-refractivity contribution in [2.24, 2.45) is 5.92 Å². The molecule has 1 saturated carbocycles. The number of rotatable bonds is 2. The van der Waals surface area contributed by atoms with Crippen LogP contribution in [-0.4, -0.2) is 28.4 Å². The zero-order chi connectivity index (χ0) is 18.5. The number of thiophene rings is 1. The van der Waals surface area contributed by atoms with E-state index in [1.807, 2.05) is 0 Å². The molecule has 0 unspecified atom stereocenters. The normalized spacial score (nSPS) is 25.8. The van der Waals surface area contributed by atoms with E-state index in [9.17, 15) is 18.8 Å². The number of fused-ring (bicyclic) bond motifs is 1. The molecule has 4 amide bonds. The maximum atomic E-state index is 13.8. The molecular formula is C18H18FN3O3S. The first kappa shape index (κ1) is 17.0. The highest BCUT2D eigenvalue weighted by molar-refractivity contribution is 7.20. The van der Waals surface area contributed by atoms with Gasteiger partial charge in [-0.05, 0) is 49.8 Å². The van der Waals surface area contributed by atoms with Crippen molar-refractivity contribution in [3.05, 3.63) is 35.0 Å². The summed E-state index contributed by atoms with van der Waals surface area (Å²) < 4.78 is 14.4. The second kappa shape index (κ2) is 6.05. The standard InChI is InChI=1S/C18H18FN3O3S/c1-10-5-7-18(8-6-10)16(24)22(17(25)20-18)21-15(23)14-9-11-12(19)3-2-4-13(11)26-14/h2-4,9-10H,5-8H2,1H3,(H,20,25)(H,21,23). The van der Waals surface area contributed by atoms with Crippen LogP contribution in [0.25, 0.3) is 10.1 Å². The average molecular weight is 375 g/mol. The largest absolute Gasteiger partial charge is 0.344 e. The Morgan fingerprint density at radius 1 is 1.35 bits per heavy atom. The van der Waals surface area contributed by atoms with Crippen molar-refractivity contribution in [2.75, 3.05) is 0 Å². The lowest BCUT2D eigenvalue weighted by Crippen LogP contribution is -2.51. The molecule has 1 aromatic carbocycles. The van der Waals surface area contributed by atoms with Crippen LogP contribution in [0.5, 0.6) is 0 Å². The van der Waals surface area contributed by atoms with Gasteiger partial charge in [0.15, 0.2) is 0 Å². The topological polar surface area (TPSA) is 78.5 Å². The van der Waals surface area contributed by atoms with Gasteiger partial charge in [0.2, 0.25) is 0 Å². The lowest BCUT2D eigenvalue weighted by Gasteiger charge is -2.33. The molecule has 2 N–H and O–H groups in total. The van der Waals surface area contributed by atoms with Crippen LogP contribution in [0.15, 0.2) is 24.3 Å². The van der Waals surface area contributed by atoms with Gasteiger partial charge in [0, 0.05) is 10.1 Å². The molecule has 1 aliphatic carbocycles. The number of hydrogen-bond donors (Lipinski definition) is 2. The number of carbonyl (C=O) groups excluding carboxylic acids is 3. The number of halogens is 1. The highest BCUT2D eigenvalue weighted by Gasteiger charge is 2.53. The van der Waals surface area contributed by atoms with Crippen molar-refractivity contribution >= 4 is 39.3 Å². The average Bonchev–Trinajstić information content (AvgIpc) is 3.14. The Kier molecular flexibility index (Phi) is 3.95. The van der Waals surface area contributed by atoms with Crippen molar-refractivity contribution in [1.29, 1.82) is 0 Å². The molecular weight excluding hydrogens is 357 g/mol. The van der Waals surface area contributed by atoms with Crippen LogP contribution >= 0.6 is 11.3 Å². The molecule has 6 nitrogen and oxygen atoms in total. The number of hydrazine groups is 1. The Morgan fingerprint density at radius 3 is 2.77 bits per heavy atom. The van der Waals surface area contributed by atoms with E-state index in [4.69, 9.17) is 0 Å². The number of hydrogen-bond acceptors (Lipinski definition) is 4. The molecule has 2 fully saturated rings. The van der Waals surface area contributed by atoms with E-state index in [0.717, 1.165) is 29.2 Å². The number of amides is 4. The molecule has 1 saturated heterocycles. The van der Waals surface area contributed by atoms with E-state index >= 15 is 0 Å². The van der Waals surface area contributed by atoms with Crippen LogP contribution < -0.4 is 10.7 Å². The van der Waals surface area contributed by atoms with Crippen LogP contribution in [0, 0.1) is 11.7 Å². The van der Waals surface area contributed by atoms with E-state index in [1.54, 1.807) is 12.1 Å². The zero-order valence-electron chi connectivity index (χ0n) is 14.2. The molecule has 136 valence electrons. The van der Waals surface area contributed by atoms with E-state index < -0.39 is 29.2 Å². The fourth-order valence-electron chi connectivity index (χ4n) is 3.61. The molecule has 1 aliphatic heterocycles. The Bertz CT molecular complexity index is 918. The summed E-state index contributed by atoms with van der Waals surface area (Å²) in [6.45, 7) is 2.12. The van der Waals surface area contributed by atoms with Crippen molar-refractivity contribution in [3.63, 3.8) is 0 Å². The van der Waals surface area contributed by atoms with Gasteiger partial charge in [-0.2, -0.15) is 5.01 Å². The second-order valence-corrected chi connectivity index (χ2v) is 8.12. The van der Waals surface area contributed by atoms with Gasteiger partial charge in [0.05, 0.1) is 4.88 Å². The minimum absolute atomic E-state index is 0.240. The van der Waals surface area contributed by atoms with E-state index in [-0.39, 0.29) is 4.88 Å². The predicted octanol–water partition coefficient (Wildman–Crippen LogP) is 3.19. The molecule has 2 aliphatic rings. The Hall–Kier alpha value is -2.48. The maximum absolute atomic E-state index is 13.8. The summed E-state index contributed by atoms with van der Waals surface area (Å²) in [5.41, 5.74) is 1.47. The van der Waals surface area contributed by atoms with Crippen LogP contribution in [0.3, 0.4) is 0 Å². The van der Waals surface area contributed by atoms with Gasteiger partial charge >= 0.3 is 6.03 Å². The van der Waals surface area contributed by atoms with Crippen LogP contribution in [-0.2, 0) is 4.79 Å². The highest BCUT2D eigenvalue weighted by Crippen LogP contribution is 2.36. The van der Waals surface area contributed by atoms with Gasteiger partial charge in [-0.25, -0.2) is 9.18 Å². The SMILES string of the molecule is CC1CCC2(CC1)NC(=O)N(NC(=O)c1cc3c(F)cccc3s1)C2=O. The molecule has 8 heteroatoms. The molecule has 1 aromatic heterocycles. The monoisotopic (exact) mass is 375 g/mol. The number of nitrogens with one attached hydrogen (secondary N) is 2. The lowest BCUT2D eigenvalue weighted by molar-refractivity contribution is -0.134. The molecule has 0 radical (unpaired) electrons. The quantitative estimate of drug-likeness (QED) is 0.792. The van der Waals surface area contributed by atoms with Gasteiger partial charge in [-0.15, -0.1) is 11.3 Å². The smallest absolute Gasteiger partial charge is 0.322 e. The summed E-state index contributed by atoms with van der Waals surface area (Å²) in [6, 6.07) is 5.42. The van der Waals surface area contributed by atoms with Gasteiger partial charge in [-0.3, -0.25) is 15.0 Å². The van der Waals surface area contributed by atoms with Gasteiger partial charge in [0.1, 0.15) is 11.4 Å². The van der Waals surface area contributed by atoms with E-state index in [0.29, 0.717) is 28.8 Å². The number of imide groups is 1. The number of benzene rings is 1. The predicted molar refractivity (Wildman–Crippen MR) is 95.0 cm³/mol. The molecule has 4 rings (SSSR count). The molecule has 26 heavy (non-hydrogen) atoms. The number of nitrogens with zero attached hydrogens (tertiary/aromatic N) is 1. The first-order valence-corrected chi connectivity index (χ1v) is 9.37. The van der Waals surface area contributed by atoms with Crippen molar-refractivity contribution in [1.82, 2.24) is 15.8 Å². The van der Waals surface area contributed by atoms with Crippen molar-refractivity contribution in [2.45, 2.75) is 38.1 Å². The summed E-state index contributed by atoms with van der Waals surface area (Å²) in [4.78, 5) is 37.8. The van der Waals surface area contributed by atoms with Crippen LogP contribution in [0.4, 0.5) is 9.18 Å². The Labute approximate surface area is 153 Å². The third kappa shape index (κ3) is 2.65. The number of carbonyl (C=O) groups is 3. The summed E-state index contributed by atoms with van der Waals surface area (Å²) in [5.74, 6) is -0.921. The van der Waals surface area contributed by atoms with Gasteiger partial charge in [0.25, 0.3) is 11.8 Å². The minimum atomic E-state index is -0.914. The van der Waals surface area contributed by atoms with Crippen LogP contribution in [0.2, 0.25) is 0 Å². The number of urea groups is 1. The van der Waals surface area contributed by atoms with E-state index in [2.05, 4.69) is 17.7 Å². The van der Waals surface area contributed by atoms with Crippen LogP contribution in [0.1, 0.15) is 42.3 Å². The summed E-state index contributed by atoms with van der Waals surface area (Å²) in [5, 5.41) is 3.86. The summed E-state index contributed by atoms with van der Waals surface area (Å²) in [6.07, 6.45) is 2.84. The third-order valence-corrected chi connectivity index (χ3v) is 6.33. The second-order valence-electron chi connectivity index (χ2n) is 7.04. The third-order valence-electron chi connectivity index (χ3n) is 5.24. The molecule has 2 aromatic rings. The summed E-state index contributed by atoms with van der Waals surface area (Å²) >= 11 is 1.11. The van der Waals surface area contributed by atoms with Gasteiger partial charge < -0.3 is 5.32 Å². The Balaban J connectivity index is 1.54. The minimum Gasteiger partial charge on any atom is -0.322 e. The zero-order valence-corrected chi connectivity index (χ0v) is 15.0. The fourth-order valence-corrected chi connectivity index (χ4v) is 4.57. The first-order chi connectivity index (χ1) is 12.4. The lowest BCUT2D eigenvalue weighted by atomic mass is 9.77. The summed E-state index contributed by atoms with van der Waals surface area (Å²) in [7, 11) is 0. The van der Waals surface area contributed by atoms with E-state index in [1.165, 1.54) is 12.1 Å². The molecule has 0 atom stereocenters. The highest BCUT2D eigenvalue weighted by atomic mass is 32.1. The first-order valence-electron chi connectivity index (χ1n) is 8.55. The van der Waals surface area contributed by atoms with Crippen molar-refractivity contribution < 1.29 is 18.8 Å². The fraction of sp³-hybridized carbons (Fsp3) is 0.389. The van der Waals surface area contributed by atoms with Gasteiger partial charge in [-0.1, -0.05) is 13.0 Å². The molecule has 0 bridgehead atoms. The molecule has 1 spiro atoms. The van der Waals surface area contributed by atoms with Crippen molar-refractivity contribution in [3.8, 4) is 0 Å².